The van der Waals surface area contributed by atoms with E-state index in [-0.39, 0.29) is 5.69 Å². The van der Waals surface area contributed by atoms with E-state index >= 15 is 0 Å². The molecule has 0 aromatic carbocycles. The van der Waals surface area contributed by atoms with Crippen LogP contribution in [-0.4, -0.2) is 27.5 Å². The summed E-state index contributed by atoms with van der Waals surface area (Å²) in [6, 6.07) is 1.47. The molecule has 1 atom stereocenters. The Morgan fingerprint density at radius 3 is 3.18 bits per heavy atom. The Kier molecular flexibility index (Phi) is 4.22. The summed E-state index contributed by atoms with van der Waals surface area (Å²) in [5, 5.41) is 14.5. The smallest absolute Gasteiger partial charge is 0.312 e. The summed E-state index contributed by atoms with van der Waals surface area (Å²) in [6.45, 7) is 0.736. The Morgan fingerprint density at radius 2 is 2.53 bits per heavy atom. The van der Waals surface area contributed by atoms with E-state index in [0.29, 0.717) is 15.5 Å². The first-order valence-electron chi connectivity index (χ1n) is 5.32. The molecule has 1 aliphatic heterocycles. The second-order valence-electron chi connectivity index (χ2n) is 3.79. The molecule has 1 aliphatic rings. The van der Waals surface area contributed by atoms with Crippen LogP contribution < -0.4 is 5.32 Å². The molecule has 17 heavy (non-hydrogen) atoms. The highest BCUT2D eigenvalue weighted by Crippen LogP contribution is 2.29. The van der Waals surface area contributed by atoms with Crippen molar-refractivity contribution in [3.05, 3.63) is 26.9 Å². The molecule has 92 valence electrons. The summed E-state index contributed by atoms with van der Waals surface area (Å²) in [6.07, 6.45) is 3.96. The molecule has 2 heterocycles. The predicted molar refractivity (Wildman–Crippen MR) is 72.6 cm³/mol. The monoisotopic (exact) mass is 317 g/mol. The normalized spacial score (nSPS) is 19.2. The van der Waals surface area contributed by atoms with Crippen LogP contribution in [0.25, 0.3) is 0 Å². The van der Waals surface area contributed by atoms with Crippen LogP contribution in [0.2, 0.25) is 0 Å². The zero-order valence-electron chi connectivity index (χ0n) is 9.06. The van der Waals surface area contributed by atoms with Gasteiger partial charge in [0.25, 0.3) is 0 Å². The van der Waals surface area contributed by atoms with Crippen molar-refractivity contribution in [2.45, 2.75) is 18.1 Å². The molecule has 1 aromatic rings. The van der Waals surface area contributed by atoms with Crippen LogP contribution in [0.1, 0.15) is 12.8 Å². The number of hydrogen-bond donors (Lipinski definition) is 1. The van der Waals surface area contributed by atoms with Gasteiger partial charge in [0.1, 0.15) is 0 Å². The van der Waals surface area contributed by atoms with Crippen LogP contribution in [0.15, 0.2) is 16.7 Å². The van der Waals surface area contributed by atoms with Crippen molar-refractivity contribution in [1.82, 2.24) is 4.98 Å². The Morgan fingerprint density at radius 1 is 1.71 bits per heavy atom. The Bertz CT molecular complexity index is 424. The van der Waals surface area contributed by atoms with Crippen LogP contribution in [0.3, 0.4) is 0 Å². The summed E-state index contributed by atoms with van der Waals surface area (Å²) < 4.78 is 0.616. The van der Waals surface area contributed by atoms with Gasteiger partial charge in [-0.25, -0.2) is 4.98 Å². The van der Waals surface area contributed by atoms with Crippen LogP contribution >= 0.6 is 27.7 Å². The van der Waals surface area contributed by atoms with E-state index in [0.717, 1.165) is 6.54 Å². The number of aromatic nitrogens is 1. The molecule has 0 amide bonds. The van der Waals surface area contributed by atoms with Gasteiger partial charge in [0.15, 0.2) is 0 Å². The lowest BCUT2D eigenvalue weighted by molar-refractivity contribution is -0.384. The Balaban J connectivity index is 2.06. The number of hydrogen-bond acceptors (Lipinski definition) is 5. The largest absolute Gasteiger partial charge is 0.363 e. The van der Waals surface area contributed by atoms with E-state index < -0.39 is 4.92 Å². The van der Waals surface area contributed by atoms with E-state index in [9.17, 15) is 10.1 Å². The van der Waals surface area contributed by atoms with E-state index in [1.54, 1.807) is 6.20 Å². The summed E-state index contributed by atoms with van der Waals surface area (Å²) in [7, 11) is 0. The maximum absolute atomic E-state index is 10.9. The minimum Gasteiger partial charge on any atom is -0.363 e. The summed E-state index contributed by atoms with van der Waals surface area (Å²) in [4.78, 5) is 14.5. The van der Waals surface area contributed by atoms with Crippen molar-refractivity contribution in [3.8, 4) is 0 Å². The first kappa shape index (κ1) is 12.6. The number of nitrogens with one attached hydrogen (secondary N) is 1. The van der Waals surface area contributed by atoms with Crippen LogP contribution in [0.4, 0.5) is 11.5 Å². The first-order valence-corrected chi connectivity index (χ1v) is 7.16. The molecule has 0 spiro atoms. The van der Waals surface area contributed by atoms with Gasteiger partial charge in [0.2, 0.25) is 5.82 Å². The lowest BCUT2D eigenvalue weighted by Crippen LogP contribution is -2.15. The van der Waals surface area contributed by atoms with E-state index in [1.165, 1.54) is 24.7 Å². The van der Waals surface area contributed by atoms with Crippen LogP contribution in [0, 0.1) is 10.1 Å². The minimum absolute atomic E-state index is 0.0161. The van der Waals surface area contributed by atoms with Crippen molar-refractivity contribution < 1.29 is 4.92 Å². The highest BCUT2D eigenvalue weighted by atomic mass is 79.9. The van der Waals surface area contributed by atoms with Crippen LogP contribution in [0.5, 0.6) is 0 Å². The molecule has 2 rings (SSSR count). The molecule has 1 saturated heterocycles. The molecule has 1 fully saturated rings. The second kappa shape index (κ2) is 5.68. The SMILES string of the molecule is O=[N+]([O-])c1cc(Br)cnc1NCC1CCCS1. The van der Waals surface area contributed by atoms with Gasteiger partial charge in [0.05, 0.1) is 4.92 Å². The molecule has 0 aliphatic carbocycles. The van der Waals surface area contributed by atoms with Crippen molar-refractivity contribution in [2.24, 2.45) is 0 Å². The van der Waals surface area contributed by atoms with Gasteiger partial charge in [-0.3, -0.25) is 10.1 Å². The average molecular weight is 318 g/mol. The van der Waals surface area contributed by atoms with Crippen molar-refractivity contribution in [2.75, 3.05) is 17.6 Å². The molecular weight excluding hydrogens is 306 g/mol. The molecule has 1 aromatic heterocycles. The maximum Gasteiger partial charge on any atom is 0.312 e. The van der Waals surface area contributed by atoms with E-state index in [1.807, 2.05) is 11.8 Å². The van der Waals surface area contributed by atoms with Gasteiger partial charge < -0.3 is 5.32 Å². The highest BCUT2D eigenvalue weighted by Gasteiger charge is 2.19. The molecule has 1 N–H and O–H groups in total. The number of nitro groups is 1. The van der Waals surface area contributed by atoms with Crippen molar-refractivity contribution in [3.63, 3.8) is 0 Å². The third-order valence-electron chi connectivity index (χ3n) is 2.55. The van der Waals surface area contributed by atoms with E-state index in [2.05, 4.69) is 26.2 Å². The highest BCUT2D eigenvalue weighted by molar-refractivity contribution is 9.10. The first-order chi connectivity index (χ1) is 8.16. The Labute approximate surface area is 112 Å². The number of nitrogens with zero attached hydrogens (tertiary/aromatic N) is 2. The molecule has 7 heteroatoms. The topological polar surface area (TPSA) is 68.1 Å². The van der Waals surface area contributed by atoms with Gasteiger partial charge in [0, 0.05) is 28.5 Å². The number of thioether (sulfide) groups is 1. The number of rotatable bonds is 4. The van der Waals surface area contributed by atoms with Gasteiger partial charge in [-0.05, 0) is 34.5 Å². The number of halogens is 1. The lowest BCUT2D eigenvalue weighted by atomic mass is 10.2. The predicted octanol–water partition coefficient (Wildman–Crippen LogP) is 3.06. The van der Waals surface area contributed by atoms with Crippen LogP contribution in [-0.2, 0) is 0 Å². The third kappa shape index (κ3) is 3.32. The second-order valence-corrected chi connectivity index (χ2v) is 6.12. The zero-order chi connectivity index (χ0) is 12.3. The fraction of sp³-hybridized carbons (Fsp3) is 0.500. The lowest BCUT2D eigenvalue weighted by Gasteiger charge is -2.10. The average Bonchev–Trinajstić information content (AvgIpc) is 2.80. The quantitative estimate of drug-likeness (QED) is 0.682. The number of pyridine rings is 1. The molecule has 0 saturated carbocycles. The minimum atomic E-state index is -0.415. The van der Waals surface area contributed by atoms with Crippen molar-refractivity contribution in [1.29, 1.82) is 0 Å². The molecule has 0 radical (unpaired) electrons. The third-order valence-corrected chi connectivity index (χ3v) is 4.38. The molecular formula is C10H12BrN3O2S. The maximum atomic E-state index is 10.9. The molecule has 5 nitrogen and oxygen atoms in total. The van der Waals surface area contributed by atoms with Gasteiger partial charge in [-0.15, -0.1) is 0 Å². The zero-order valence-corrected chi connectivity index (χ0v) is 11.5. The fourth-order valence-corrected chi connectivity index (χ4v) is 3.24. The number of anilines is 1. The molecule has 1 unspecified atom stereocenters. The summed E-state index contributed by atoms with van der Waals surface area (Å²) in [5.74, 6) is 1.54. The van der Waals surface area contributed by atoms with E-state index in [4.69, 9.17) is 0 Å². The fourth-order valence-electron chi connectivity index (χ4n) is 1.72. The molecule has 0 bridgehead atoms. The van der Waals surface area contributed by atoms with Gasteiger partial charge in [-0.2, -0.15) is 11.8 Å². The van der Waals surface area contributed by atoms with Gasteiger partial charge in [-0.1, -0.05) is 0 Å². The standard InChI is InChI=1S/C10H12BrN3O2S/c11-7-4-9(14(15)16)10(12-5-7)13-6-8-2-1-3-17-8/h4-5,8H,1-3,6H2,(H,12,13). The van der Waals surface area contributed by atoms with Gasteiger partial charge >= 0.3 is 5.69 Å². The Hall–Kier alpha value is -0.820. The summed E-state index contributed by atoms with van der Waals surface area (Å²) >= 11 is 5.09. The summed E-state index contributed by atoms with van der Waals surface area (Å²) in [5.41, 5.74) is 0.0161. The van der Waals surface area contributed by atoms with Crippen molar-refractivity contribution >= 4 is 39.2 Å².